The minimum atomic E-state index is -1.29. The smallest absolute Gasteiger partial charge is 0.344 e. The van der Waals surface area contributed by atoms with Crippen molar-refractivity contribution in [1.29, 1.82) is 0 Å². The number of nitrogens with one attached hydrogen (secondary N) is 2. The van der Waals surface area contributed by atoms with Gasteiger partial charge in [0.05, 0.1) is 0 Å². The lowest BCUT2D eigenvalue weighted by Gasteiger charge is -2.21. The molecule has 0 bridgehead atoms. The number of carbonyl (C=O) groups excluding carboxylic acids is 4. The van der Waals surface area contributed by atoms with Gasteiger partial charge in [-0.3, -0.25) is 14.4 Å². The molecule has 1 aliphatic heterocycles. The summed E-state index contributed by atoms with van der Waals surface area (Å²) in [5, 5.41) is 3.27. The normalized spacial score (nSPS) is 18.1. The first-order valence-corrected chi connectivity index (χ1v) is 9.54. The third kappa shape index (κ3) is 3.59. The van der Waals surface area contributed by atoms with E-state index in [9.17, 15) is 19.2 Å². The Morgan fingerprint density at radius 3 is 2.29 bits per heavy atom. The standard InChI is InChI=1S/C23H19N3O5/c1-14(27)15-8-10-16(11-9-15)18-12-13-19(31-18)20(28)25-26-21(29)23(2,24-22(26)30)17-6-4-3-5-7-17/h3-13H,1-2H3,(H,24,30)(H,25,28)/t23-/m1/s1. The number of imide groups is 1. The molecule has 8 nitrogen and oxygen atoms in total. The predicted octanol–water partition coefficient (Wildman–Crippen LogP) is 3.26. The van der Waals surface area contributed by atoms with Gasteiger partial charge in [0.2, 0.25) is 0 Å². The highest BCUT2D eigenvalue weighted by molar-refractivity contribution is 6.09. The number of amides is 4. The molecular formula is C23H19N3O5. The van der Waals surface area contributed by atoms with Crippen molar-refractivity contribution in [2.24, 2.45) is 0 Å². The van der Waals surface area contributed by atoms with Crippen LogP contribution in [-0.2, 0) is 10.3 Å². The van der Waals surface area contributed by atoms with Gasteiger partial charge in [-0.2, -0.15) is 5.01 Å². The number of Topliss-reactive ketones (excluding diaryl/α,β-unsaturated/α-hetero) is 1. The molecule has 31 heavy (non-hydrogen) atoms. The fourth-order valence-electron chi connectivity index (χ4n) is 3.35. The summed E-state index contributed by atoms with van der Waals surface area (Å²) in [6, 6.07) is 17.8. The summed E-state index contributed by atoms with van der Waals surface area (Å²) in [5.74, 6) is -1.07. The molecule has 0 unspecified atom stereocenters. The SMILES string of the molecule is CC(=O)c1ccc(-c2ccc(C(=O)NN3C(=O)N[C@](C)(c4ccccc4)C3=O)o2)cc1. The van der Waals surface area contributed by atoms with Crippen molar-refractivity contribution in [3.05, 3.63) is 83.6 Å². The van der Waals surface area contributed by atoms with E-state index in [0.717, 1.165) is 0 Å². The van der Waals surface area contributed by atoms with E-state index in [1.165, 1.54) is 13.0 Å². The number of nitrogens with zero attached hydrogens (tertiary/aromatic N) is 1. The van der Waals surface area contributed by atoms with E-state index in [4.69, 9.17) is 4.42 Å². The highest BCUT2D eigenvalue weighted by atomic mass is 16.4. The van der Waals surface area contributed by atoms with Gasteiger partial charge in [-0.1, -0.05) is 54.6 Å². The van der Waals surface area contributed by atoms with E-state index in [0.29, 0.717) is 27.5 Å². The Bertz CT molecular complexity index is 1180. The number of hydrogen-bond acceptors (Lipinski definition) is 5. The van der Waals surface area contributed by atoms with Crippen molar-refractivity contribution in [3.63, 3.8) is 0 Å². The molecule has 8 heteroatoms. The third-order valence-corrected chi connectivity index (χ3v) is 5.16. The second-order valence-corrected chi connectivity index (χ2v) is 7.30. The van der Waals surface area contributed by atoms with Crippen molar-refractivity contribution in [2.75, 3.05) is 0 Å². The zero-order chi connectivity index (χ0) is 22.2. The molecule has 2 aromatic carbocycles. The van der Waals surface area contributed by atoms with E-state index >= 15 is 0 Å². The number of hydrogen-bond donors (Lipinski definition) is 2. The molecule has 1 atom stereocenters. The highest BCUT2D eigenvalue weighted by Crippen LogP contribution is 2.28. The van der Waals surface area contributed by atoms with Gasteiger partial charge in [-0.15, -0.1) is 0 Å². The van der Waals surface area contributed by atoms with Gasteiger partial charge in [0.25, 0.3) is 5.91 Å². The van der Waals surface area contributed by atoms with Crippen molar-refractivity contribution >= 4 is 23.6 Å². The molecule has 4 rings (SSSR count). The van der Waals surface area contributed by atoms with Crippen LogP contribution in [0.1, 0.15) is 40.3 Å². The lowest BCUT2D eigenvalue weighted by Crippen LogP contribution is -2.47. The van der Waals surface area contributed by atoms with Gasteiger partial charge in [-0.05, 0) is 31.5 Å². The van der Waals surface area contributed by atoms with Crippen LogP contribution in [0.5, 0.6) is 0 Å². The average molecular weight is 417 g/mol. The van der Waals surface area contributed by atoms with Gasteiger partial charge >= 0.3 is 11.9 Å². The Morgan fingerprint density at radius 2 is 1.65 bits per heavy atom. The quantitative estimate of drug-likeness (QED) is 0.489. The number of benzene rings is 2. The summed E-state index contributed by atoms with van der Waals surface area (Å²) >= 11 is 0. The van der Waals surface area contributed by atoms with Crippen LogP contribution in [0.2, 0.25) is 0 Å². The molecular weight excluding hydrogens is 398 g/mol. The molecule has 156 valence electrons. The van der Waals surface area contributed by atoms with E-state index in [-0.39, 0.29) is 11.5 Å². The maximum atomic E-state index is 12.9. The molecule has 0 radical (unpaired) electrons. The second kappa shape index (κ2) is 7.56. The molecule has 4 amide bonds. The molecule has 0 spiro atoms. The molecule has 2 N–H and O–H groups in total. The fourth-order valence-corrected chi connectivity index (χ4v) is 3.35. The van der Waals surface area contributed by atoms with E-state index in [1.807, 2.05) is 0 Å². The molecule has 0 saturated carbocycles. The Balaban J connectivity index is 1.51. The molecule has 1 aromatic heterocycles. The number of ketones is 1. The summed E-state index contributed by atoms with van der Waals surface area (Å²) in [6.45, 7) is 3.05. The number of carbonyl (C=O) groups is 4. The monoisotopic (exact) mass is 417 g/mol. The van der Waals surface area contributed by atoms with Gasteiger partial charge < -0.3 is 9.73 Å². The Morgan fingerprint density at radius 1 is 0.968 bits per heavy atom. The van der Waals surface area contributed by atoms with Crippen LogP contribution in [-0.4, -0.2) is 28.6 Å². The number of hydrazine groups is 1. The Labute approximate surface area is 177 Å². The highest BCUT2D eigenvalue weighted by Gasteiger charge is 2.50. The van der Waals surface area contributed by atoms with E-state index < -0.39 is 23.4 Å². The molecule has 1 fully saturated rings. The van der Waals surface area contributed by atoms with E-state index in [2.05, 4.69) is 10.7 Å². The zero-order valence-electron chi connectivity index (χ0n) is 16.8. The number of furan rings is 1. The number of urea groups is 1. The minimum Gasteiger partial charge on any atom is -0.451 e. The van der Waals surface area contributed by atoms with Crippen LogP contribution >= 0.6 is 0 Å². The molecule has 1 saturated heterocycles. The largest absolute Gasteiger partial charge is 0.451 e. The summed E-state index contributed by atoms with van der Waals surface area (Å²) < 4.78 is 5.58. The van der Waals surface area contributed by atoms with Crippen LogP contribution in [0.3, 0.4) is 0 Å². The Hall–Kier alpha value is -4.20. The van der Waals surface area contributed by atoms with Crippen LogP contribution in [0, 0.1) is 0 Å². The molecule has 1 aliphatic rings. The second-order valence-electron chi connectivity index (χ2n) is 7.30. The van der Waals surface area contributed by atoms with E-state index in [1.54, 1.807) is 67.6 Å². The van der Waals surface area contributed by atoms with Gasteiger partial charge in [0, 0.05) is 11.1 Å². The van der Waals surface area contributed by atoms with Crippen LogP contribution in [0.15, 0.2) is 71.1 Å². The fraction of sp³-hybridized carbons (Fsp3) is 0.130. The average Bonchev–Trinajstić information content (AvgIpc) is 3.35. The van der Waals surface area contributed by atoms with Crippen molar-refractivity contribution < 1.29 is 23.6 Å². The maximum absolute atomic E-state index is 12.9. The van der Waals surface area contributed by atoms with Crippen molar-refractivity contribution in [1.82, 2.24) is 15.8 Å². The van der Waals surface area contributed by atoms with Crippen molar-refractivity contribution in [3.8, 4) is 11.3 Å². The lowest BCUT2D eigenvalue weighted by atomic mass is 9.92. The summed E-state index contributed by atoms with van der Waals surface area (Å²) in [6.07, 6.45) is 0. The zero-order valence-corrected chi connectivity index (χ0v) is 16.8. The van der Waals surface area contributed by atoms with Gasteiger partial charge in [0.1, 0.15) is 11.3 Å². The Kier molecular flexibility index (Phi) is 4.90. The lowest BCUT2D eigenvalue weighted by molar-refractivity contribution is -0.132. The van der Waals surface area contributed by atoms with Gasteiger partial charge in [0.15, 0.2) is 11.5 Å². The van der Waals surface area contributed by atoms with Crippen LogP contribution in [0.4, 0.5) is 4.79 Å². The number of rotatable bonds is 5. The topological polar surface area (TPSA) is 109 Å². The maximum Gasteiger partial charge on any atom is 0.344 e. The summed E-state index contributed by atoms with van der Waals surface area (Å²) in [5.41, 5.74) is 2.85. The first kappa shape index (κ1) is 20.1. The summed E-state index contributed by atoms with van der Waals surface area (Å²) in [7, 11) is 0. The first-order valence-electron chi connectivity index (χ1n) is 9.54. The van der Waals surface area contributed by atoms with Gasteiger partial charge in [-0.25, -0.2) is 10.2 Å². The minimum absolute atomic E-state index is 0.0536. The molecule has 3 aromatic rings. The summed E-state index contributed by atoms with van der Waals surface area (Å²) in [4.78, 5) is 49.3. The predicted molar refractivity (Wildman–Crippen MR) is 111 cm³/mol. The third-order valence-electron chi connectivity index (χ3n) is 5.16. The van der Waals surface area contributed by atoms with Crippen molar-refractivity contribution in [2.45, 2.75) is 19.4 Å². The van der Waals surface area contributed by atoms with Crippen LogP contribution in [0.25, 0.3) is 11.3 Å². The molecule has 2 heterocycles. The first-order chi connectivity index (χ1) is 14.8. The van der Waals surface area contributed by atoms with Crippen LogP contribution < -0.4 is 10.7 Å². The molecule has 0 aliphatic carbocycles.